The van der Waals surface area contributed by atoms with Gasteiger partial charge in [-0.15, -0.1) is 0 Å². The molecule has 2 amide bonds. The average Bonchev–Trinajstić information content (AvgIpc) is 3.34. The van der Waals surface area contributed by atoms with Crippen LogP contribution in [0, 0.1) is 0 Å². The summed E-state index contributed by atoms with van der Waals surface area (Å²) in [6.07, 6.45) is 5.55. The molecule has 1 atom stereocenters. The standard InChI is InChI=1S/C30H36N4O6S/c1-32(2)41(37,38)31-29(35)23-14-13-22-25(20-9-5-3-6-10-20)26(21-11-7-4-8-12-21)34-24(19-40-28(23)27(22)34)30(36)33-15-17-39-18-16-33/h4,7-8,11-14,20,24H,3,5-6,9-10,15-19H2,1-2H3,(H,31,35). The van der Waals surface area contributed by atoms with Crippen LogP contribution in [-0.2, 0) is 19.7 Å². The van der Waals surface area contributed by atoms with Gasteiger partial charge in [-0.2, -0.15) is 12.7 Å². The normalized spacial score (nSPS) is 19.8. The number of nitrogens with one attached hydrogen (secondary N) is 1. The number of rotatable bonds is 6. The lowest BCUT2D eigenvalue weighted by Crippen LogP contribution is -2.46. The SMILES string of the molecule is CN(C)S(=O)(=O)NC(=O)c1ccc2c(C3CCCCC3)c(-c3ccccc3)n3c2c1OCC3C(=O)N1CCOCC1. The predicted molar refractivity (Wildman–Crippen MR) is 155 cm³/mol. The van der Waals surface area contributed by atoms with Crippen molar-refractivity contribution in [3.05, 3.63) is 53.6 Å². The van der Waals surface area contributed by atoms with E-state index in [4.69, 9.17) is 9.47 Å². The van der Waals surface area contributed by atoms with Gasteiger partial charge in [-0.1, -0.05) is 55.7 Å². The number of aromatic nitrogens is 1. The van der Waals surface area contributed by atoms with Gasteiger partial charge in [-0.3, -0.25) is 9.59 Å². The first-order chi connectivity index (χ1) is 19.8. The molecule has 1 unspecified atom stereocenters. The van der Waals surface area contributed by atoms with Crippen LogP contribution in [0.2, 0.25) is 0 Å². The molecule has 1 N–H and O–H groups in total. The number of ether oxygens (including phenoxy) is 2. The van der Waals surface area contributed by atoms with Crippen molar-refractivity contribution in [2.75, 3.05) is 47.0 Å². The van der Waals surface area contributed by atoms with E-state index in [9.17, 15) is 18.0 Å². The zero-order valence-electron chi connectivity index (χ0n) is 23.5. The molecule has 3 heterocycles. The summed E-state index contributed by atoms with van der Waals surface area (Å²) in [6, 6.07) is 13.0. The van der Waals surface area contributed by atoms with E-state index in [0.29, 0.717) is 43.5 Å². The third-order valence-corrected chi connectivity index (χ3v) is 9.88. The van der Waals surface area contributed by atoms with Gasteiger partial charge in [0.1, 0.15) is 12.6 Å². The number of benzene rings is 2. The molecular weight excluding hydrogens is 544 g/mol. The van der Waals surface area contributed by atoms with Gasteiger partial charge in [0.25, 0.3) is 5.91 Å². The van der Waals surface area contributed by atoms with Gasteiger partial charge in [-0.25, -0.2) is 4.72 Å². The minimum Gasteiger partial charge on any atom is -0.488 e. The highest BCUT2D eigenvalue weighted by Gasteiger charge is 2.39. The molecule has 11 heteroatoms. The molecule has 1 saturated carbocycles. The van der Waals surface area contributed by atoms with E-state index in [1.165, 1.54) is 26.1 Å². The number of morpholine rings is 1. The van der Waals surface area contributed by atoms with E-state index in [1.807, 2.05) is 29.2 Å². The van der Waals surface area contributed by atoms with Crippen LogP contribution in [0.25, 0.3) is 22.2 Å². The number of carbonyl (C=O) groups excluding carboxylic acids is 2. The second-order valence-electron chi connectivity index (χ2n) is 11.2. The highest BCUT2D eigenvalue weighted by Crippen LogP contribution is 2.50. The van der Waals surface area contributed by atoms with Crippen LogP contribution < -0.4 is 9.46 Å². The van der Waals surface area contributed by atoms with Crippen molar-refractivity contribution in [1.82, 2.24) is 18.5 Å². The second-order valence-corrected chi connectivity index (χ2v) is 13.0. The molecule has 0 bridgehead atoms. The Morgan fingerprint density at radius 2 is 1.68 bits per heavy atom. The fourth-order valence-electron chi connectivity index (χ4n) is 6.40. The van der Waals surface area contributed by atoms with E-state index < -0.39 is 22.2 Å². The smallest absolute Gasteiger partial charge is 0.303 e. The first kappa shape index (κ1) is 27.7. The molecule has 10 nitrogen and oxygen atoms in total. The summed E-state index contributed by atoms with van der Waals surface area (Å²) in [5.74, 6) is -0.226. The molecule has 1 aromatic heterocycles. The van der Waals surface area contributed by atoms with Crippen LogP contribution in [0.15, 0.2) is 42.5 Å². The van der Waals surface area contributed by atoms with Crippen LogP contribution in [0.1, 0.15) is 60.0 Å². The predicted octanol–water partition coefficient (Wildman–Crippen LogP) is 3.68. The maximum atomic E-state index is 14.1. The third kappa shape index (κ3) is 5.00. The third-order valence-electron chi connectivity index (χ3n) is 8.47. The molecule has 0 radical (unpaired) electrons. The topological polar surface area (TPSA) is 110 Å². The highest BCUT2D eigenvalue weighted by molar-refractivity contribution is 7.87. The van der Waals surface area contributed by atoms with Crippen molar-refractivity contribution in [2.24, 2.45) is 0 Å². The van der Waals surface area contributed by atoms with Gasteiger partial charge in [0.05, 0.1) is 30.0 Å². The fraction of sp³-hybridized carbons (Fsp3) is 0.467. The summed E-state index contributed by atoms with van der Waals surface area (Å²) in [7, 11) is -1.31. The van der Waals surface area contributed by atoms with Crippen LogP contribution in [-0.4, -0.2) is 81.0 Å². The Kier molecular flexibility index (Phi) is 7.52. The number of amides is 2. The Morgan fingerprint density at radius 3 is 2.37 bits per heavy atom. The summed E-state index contributed by atoms with van der Waals surface area (Å²) >= 11 is 0. The molecule has 3 aromatic rings. The molecule has 6 rings (SSSR count). The van der Waals surface area contributed by atoms with Gasteiger partial charge in [0, 0.05) is 32.6 Å². The summed E-state index contributed by atoms with van der Waals surface area (Å²) in [6.45, 7) is 2.02. The molecule has 218 valence electrons. The number of hydrogen-bond acceptors (Lipinski definition) is 6. The number of hydrogen-bond donors (Lipinski definition) is 1. The van der Waals surface area contributed by atoms with Crippen molar-refractivity contribution in [2.45, 2.75) is 44.1 Å². The summed E-state index contributed by atoms with van der Waals surface area (Å²) < 4.78 is 41.9. The Bertz CT molecular complexity index is 1570. The van der Waals surface area contributed by atoms with E-state index in [-0.39, 0.29) is 18.1 Å². The zero-order chi connectivity index (χ0) is 28.7. The van der Waals surface area contributed by atoms with Gasteiger partial charge >= 0.3 is 10.2 Å². The van der Waals surface area contributed by atoms with E-state index in [0.717, 1.165) is 46.6 Å². The van der Waals surface area contributed by atoms with E-state index in [1.54, 1.807) is 6.07 Å². The first-order valence-electron chi connectivity index (χ1n) is 14.3. The van der Waals surface area contributed by atoms with Crippen LogP contribution >= 0.6 is 0 Å². The number of carbonyl (C=O) groups is 2. The van der Waals surface area contributed by atoms with Crippen LogP contribution in [0.3, 0.4) is 0 Å². The zero-order valence-corrected chi connectivity index (χ0v) is 24.3. The average molecular weight is 581 g/mol. The largest absolute Gasteiger partial charge is 0.488 e. The Morgan fingerprint density at radius 1 is 0.976 bits per heavy atom. The lowest BCUT2D eigenvalue weighted by Gasteiger charge is -2.34. The molecule has 2 fully saturated rings. The van der Waals surface area contributed by atoms with Crippen LogP contribution in [0.5, 0.6) is 5.75 Å². The lowest BCUT2D eigenvalue weighted by molar-refractivity contribution is -0.139. The lowest BCUT2D eigenvalue weighted by atomic mass is 9.81. The quantitative estimate of drug-likeness (QED) is 0.476. The Labute approximate surface area is 240 Å². The number of nitrogens with zero attached hydrogens (tertiary/aromatic N) is 3. The fourth-order valence-corrected chi connectivity index (χ4v) is 6.93. The minimum atomic E-state index is -4.02. The monoisotopic (exact) mass is 580 g/mol. The van der Waals surface area contributed by atoms with Gasteiger partial charge in [0.15, 0.2) is 5.75 Å². The molecule has 2 aliphatic heterocycles. The second kappa shape index (κ2) is 11.1. The summed E-state index contributed by atoms with van der Waals surface area (Å²) in [5.41, 5.74) is 3.93. The molecule has 2 aromatic carbocycles. The molecule has 0 spiro atoms. The van der Waals surface area contributed by atoms with Gasteiger partial charge in [-0.05, 0) is 36.0 Å². The van der Waals surface area contributed by atoms with Crippen molar-refractivity contribution < 1.29 is 27.5 Å². The highest BCUT2D eigenvalue weighted by atomic mass is 32.2. The van der Waals surface area contributed by atoms with Crippen molar-refractivity contribution in [3.63, 3.8) is 0 Å². The van der Waals surface area contributed by atoms with Crippen molar-refractivity contribution >= 4 is 32.9 Å². The van der Waals surface area contributed by atoms with Crippen LogP contribution in [0.4, 0.5) is 0 Å². The van der Waals surface area contributed by atoms with Gasteiger partial charge in [0.2, 0.25) is 5.91 Å². The molecule has 1 saturated heterocycles. The van der Waals surface area contributed by atoms with E-state index in [2.05, 4.69) is 21.4 Å². The van der Waals surface area contributed by atoms with Gasteiger partial charge < -0.3 is 18.9 Å². The molecule has 1 aliphatic carbocycles. The Hall–Kier alpha value is -3.41. The molecule has 41 heavy (non-hydrogen) atoms. The summed E-state index contributed by atoms with van der Waals surface area (Å²) in [4.78, 5) is 29.2. The first-order valence-corrected chi connectivity index (χ1v) is 15.7. The molecule has 3 aliphatic rings. The van der Waals surface area contributed by atoms with Crippen molar-refractivity contribution in [3.8, 4) is 17.0 Å². The maximum Gasteiger partial charge on any atom is 0.303 e. The van der Waals surface area contributed by atoms with Crippen molar-refractivity contribution in [1.29, 1.82) is 0 Å². The molecular formula is C30H36N4O6S. The van der Waals surface area contributed by atoms with E-state index >= 15 is 0 Å². The minimum absolute atomic E-state index is 0.0294. The maximum absolute atomic E-state index is 14.1. The Balaban J connectivity index is 1.60. The summed E-state index contributed by atoms with van der Waals surface area (Å²) in [5, 5.41) is 0.942.